The highest BCUT2D eigenvalue weighted by atomic mass is 16.5. The van der Waals surface area contributed by atoms with Gasteiger partial charge in [0, 0.05) is 38.7 Å². The number of rotatable bonds is 6. The third-order valence-electron chi connectivity index (χ3n) is 5.56. The quantitative estimate of drug-likeness (QED) is 0.704. The lowest BCUT2D eigenvalue weighted by atomic mass is 9.95. The van der Waals surface area contributed by atoms with E-state index < -0.39 is 0 Å². The van der Waals surface area contributed by atoms with Crippen molar-refractivity contribution in [3.05, 3.63) is 48.0 Å². The molecule has 0 aliphatic carbocycles. The summed E-state index contributed by atoms with van der Waals surface area (Å²) in [5.41, 5.74) is 0.683. The van der Waals surface area contributed by atoms with Crippen LogP contribution in [-0.2, 0) is 14.3 Å². The van der Waals surface area contributed by atoms with Crippen LogP contribution in [0, 0.1) is 5.92 Å². The maximum absolute atomic E-state index is 13.2. The van der Waals surface area contributed by atoms with Gasteiger partial charge in [-0.3, -0.25) is 14.4 Å². The van der Waals surface area contributed by atoms with E-state index in [1.165, 1.54) is 7.11 Å². The second-order valence-electron chi connectivity index (χ2n) is 7.56. The molecular formula is C23H28N2O4. The summed E-state index contributed by atoms with van der Waals surface area (Å²) >= 11 is 0. The summed E-state index contributed by atoms with van der Waals surface area (Å²) in [5.74, 6) is -0.459. The summed E-state index contributed by atoms with van der Waals surface area (Å²) in [6.07, 6.45) is 2.45. The lowest BCUT2D eigenvalue weighted by Crippen LogP contribution is -2.46. The summed E-state index contributed by atoms with van der Waals surface area (Å²) < 4.78 is 4.64. The van der Waals surface area contributed by atoms with Gasteiger partial charge in [-0.05, 0) is 36.1 Å². The average Bonchev–Trinajstić information content (AvgIpc) is 2.77. The Bertz CT molecular complexity index is 890. The first-order chi connectivity index (χ1) is 14.0. The zero-order valence-corrected chi connectivity index (χ0v) is 17.1. The number of methoxy groups -OCH3 is 1. The number of hydrogen-bond acceptors (Lipinski definition) is 4. The Morgan fingerprint density at radius 3 is 2.69 bits per heavy atom. The highest BCUT2D eigenvalue weighted by Crippen LogP contribution is 2.24. The number of nitrogens with zero attached hydrogens (tertiary/aromatic N) is 2. The fourth-order valence-corrected chi connectivity index (χ4v) is 3.93. The first-order valence-corrected chi connectivity index (χ1v) is 10.1. The molecule has 154 valence electrons. The molecule has 3 rings (SSSR count). The van der Waals surface area contributed by atoms with Crippen LogP contribution in [-0.4, -0.2) is 61.4 Å². The van der Waals surface area contributed by atoms with Crippen molar-refractivity contribution in [2.45, 2.75) is 25.7 Å². The molecule has 2 aromatic rings. The number of hydrogen-bond donors (Lipinski definition) is 0. The van der Waals surface area contributed by atoms with E-state index in [0.29, 0.717) is 38.0 Å². The van der Waals surface area contributed by atoms with Crippen molar-refractivity contribution in [3.8, 4) is 0 Å². The second-order valence-corrected chi connectivity index (χ2v) is 7.56. The van der Waals surface area contributed by atoms with Crippen molar-refractivity contribution in [3.63, 3.8) is 0 Å². The van der Waals surface area contributed by atoms with Crippen LogP contribution in [0.4, 0.5) is 0 Å². The molecule has 1 fully saturated rings. The van der Waals surface area contributed by atoms with Crippen LogP contribution < -0.4 is 0 Å². The average molecular weight is 396 g/mol. The van der Waals surface area contributed by atoms with Gasteiger partial charge in [0.1, 0.15) is 0 Å². The van der Waals surface area contributed by atoms with Crippen molar-refractivity contribution < 1.29 is 19.1 Å². The molecule has 1 unspecified atom stereocenters. The van der Waals surface area contributed by atoms with Crippen molar-refractivity contribution >= 4 is 28.6 Å². The zero-order valence-electron chi connectivity index (χ0n) is 17.1. The van der Waals surface area contributed by atoms with Crippen LogP contribution in [0.15, 0.2) is 42.5 Å². The van der Waals surface area contributed by atoms with Gasteiger partial charge in [0.2, 0.25) is 5.91 Å². The van der Waals surface area contributed by atoms with Crippen LogP contribution in [0.2, 0.25) is 0 Å². The highest BCUT2D eigenvalue weighted by Gasteiger charge is 2.31. The van der Waals surface area contributed by atoms with E-state index >= 15 is 0 Å². The predicted octanol–water partition coefficient (Wildman–Crippen LogP) is 3.10. The Morgan fingerprint density at radius 1 is 1.14 bits per heavy atom. The van der Waals surface area contributed by atoms with E-state index in [0.717, 1.165) is 23.6 Å². The minimum absolute atomic E-state index is 0.0207. The summed E-state index contributed by atoms with van der Waals surface area (Å²) in [6.45, 7) is 1.60. The Kier molecular flexibility index (Phi) is 6.86. The predicted molar refractivity (Wildman–Crippen MR) is 111 cm³/mol. The first-order valence-electron chi connectivity index (χ1n) is 10.1. The molecule has 0 aromatic heterocycles. The molecule has 0 N–H and O–H groups in total. The van der Waals surface area contributed by atoms with E-state index in [1.54, 1.807) is 16.8 Å². The zero-order chi connectivity index (χ0) is 20.8. The molecule has 0 saturated carbocycles. The van der Waals surface area contributed by atoms with E-state index in [4.69, 9.17) is 0 Å². The maximum atomic E-state index is 13.2. The van der Waals surface area contributed by atoms with Crippen molar-refractivity contribution in [1.29, 1.82) is 0 Å². The normalized spacial score (nSPS) is 16.5. The van der Waals surface area contributed by atoms with E-state index in [-0.39, 0.29) is 23.7 Å². The fraction of sp³-hybridized carbons (Fsp3) is 0.435. The second kappa shape index (κ2) is 9.54. The Hall–Kier alpha value is -2.89. The van der Waals surface area contributed by atoms with Crippen molar-refractivity contribution in [1.82, 2.24) is 9.80 Å². The summed E-state index contributed by atoms with van der Waals surface area (Å²) in [7, 11) is 3.12. The van der Waals surface area contributed by atoms with Gasteiger partial charge in [-0.15, -0.1) is 0 Å². The van der Waals surface area contributed by atoms with Gasteiger partial charge in [-0.2, -0.15) is 0 Å². The molecule has 6 nitrogen and oxygen atoms in total. The molecule has 0 spiro atoms. The van der Waals surface area contributed by atoms with Crippen LogP contribution in [0.25, 0.3) is 10.8 Å². The van der Waals surface area contributed by atoms with Gasteiger partial charge in [-0.25, -0.2) is 0 Å². The number of carbonyl (C=O) groups excluding carboxylic acids is 3. The Labute approximate surface area is 171 Å². The minimum Gasteiger partial charge on any atom is -0.469 e. The van der Waals surface area contributed by atoms with Gasteiger partial charge in [0.15, 0.2) is 0 Å². The number of ether oxygens (including phenoxy) is 1. The molecule has 1 heterocycles. The van der Waals surface area contributed by atoms with Crippen LogP contribution in [0.1, 0.15) is 36.0 Å². The molecule has 2 amide bonds. The minimum atomic E-state index is -0.268. The van der Waals surface area contributed by atoms with Crippen LogP contribution in [0.5, 0.6) is 0 Å². The molecule has 1 aliphatic rings. The van der Waals surface area contributed by atoms with Gasteiger partial charge in [0.05, 0.1) is 13.0 Å². The van der Waals surface area contributed by atoms with Gasteiger partial charge < -0.3 is 14.5 Å². The molecule has 29 heavy (non-hydrogen) atoms. The number of likely N-dealkylation sites (tertiary alicyclic amines) is 1. The molecule has 2 aromatic carbocycles. The van der Waals surface area contributed by atoms with E-state index in [9.17, 15) is 14.4 Å². The third-order valence-corrected chi connectivity index (χ3v) is 5.56. The van der Waals surface area contributed by atoms with E-state index in [2.05, 4.69) is 4.74 Å². The number of esters is 1. The Balaban J connectivity index is 1.64. The van der Waals surface area contributed by atoms with Gasteiger partial charge in [0.25, 0.3) is 5.91 Å². The van der Waals surface area contributed by atoms with Crippen LogP contribution >= 0.6 is 0 Å². The summed E-state index contributed by atoms with van der Waals surface area (Å²) in [5, 5.41) is 1.97. The van der Waals surface area contributed by atoms with Crippen molar-refractivity contribution in [2.75, 3.05) is 33.8 Å². The standard InChI is InChI=1S/C23H28N2O4/c1-24(14-7-13-21(26)29-2)22(27)18-10-6-15-25(16-18)23(28)20-12-5-9-17-8-3-4-11-19(17)20/h3-5,8-9,11-12,18H,6-7,10,13-16H2,1-2H3. The smallest absolute Gasteiger partial charge is 0.305 e. The summed E-state index contributed by atoms with van der Waals surface area (Å²) in [6, 6.07) is 13.6. The largest absolute Gasteiger partial charge is 0.469 e. The maximum Gasteiger partial charge on any atom is 0.305 e. The number of amides is 2. The molecule has 1 aliphatic heterocycles. The monoisotopic (exact) mass is 396 g/mol. The topological polar surface area (TPSA) is 66.9 Å². The van der Waals surface area contributed by atoms with Gasteiger partial charge >= 0.3 is 5.97 Å². The lowest BCUT2D eigenvalue weighted by Gasteiger charge is -2.34. The molecular weight excluding hydrogens is 368 g/mol. The highest BCUT2D eigenvalue weighted by molar-refractivity contribution is 6.07. The molecule has 1 saturated heterocycles. The first kappa shape index (κ1) is 20.8. The summed E-state index contributed by atoms with van der Waals surface area (Å²) in [4.78, 5) is 40.7. The lowest BCUT2D eigenvalue weighted by molar-refractivity contribution is -0.141. The molecule has 1 atom stereocenters. The molecule has 0 bridgehead atoms. The van der Waals surface area contributed by atoms with E-state index in [1.807, 2.05) is 42.5 Å². The number of benzene rings is 2. The fourth-order valence-electron chi connectivity index (χ4n) is 3.93. The Morgan fingerprint density at radius 2 is 1.90 bits per heavy atom. The number of piperidine rings is 1. The SMILES string of the molecule is COC(=O)CCCN(C)C(=O)C1CCCN(C(=O)c2cccc3ccccc23)C1. The van der Waals surface area contributed by atoms with Crippen LogP contribution in [0.3, 0.4) is 0 Å². The third kappa shape index (κ3) is 4.94. The molecule has 0 radical (unpaired) electrons. The number of carbonyl (C=O) groups is 3. The van der Waals surface area contributed by atoms with Crippen molar-refractivity contribution in [2.24, 2.45) is 5.92 Å². The molecule has 6 heteroatoms. The number of fused-ring (bicyclic) bond motifs is 1. The van der Waals surface area contributed by atoms with Gasteiger partial charge in [-0.1, -0.05) is 36.4 Å².